The molecular weight excluding hydrogens is 386 g/mol. The molecule has 0 saturated heterocycles. The molecule has 7 heteroatoms. The van der Waals surface area contributed by atoms with Gasteiger partial charge in [0.2, 0.25) is 0 Å². The number of carbonyl (C=O) groups excluding carboxylic acids is 1. The standard InChI is InChI=1S/C22H19N3O3S/c1-27-20-14-16(15-23-25-22(29)24-18-10-6-3-7-11-18)12-13-19(20)28-21(26)17-8-4-2-5-9-17/h2-15H,1H3,(H2,24,25,29)/b23-15-. The minimum absolute atomic E-state index is 0.327. The lowest BCUT2D eigenvalue weighted by molar-refractivity contribution is 0.0729. The Morgan fingerprint density at radius 1 is 0.966 bits per heavy atom. The van der Waals surface area contributed by atoms with Crippen LogP contribution in [0.5, 0.6) is 11.5 Å². The Morgan fingerprint density at radius 3 is 2.34 bits per heavy atom. The van der Waals surface area contributed by atoms with Crippen LogP contribution in [0.2, 0.25) is 0 Å². The highest BCUT2D eigenvalue weighted by Crippen LogP contribution is 2.28. The minimum Gasteiger partial charge on any atom is -0.493 e. The van der Waals surface area contributed by atoms with Crippen LogP contribution in [0.1, 0.15) is 15.9 Å². The maximum atomic E-state index is 12.2. The summed E-state index contributed by atoms with van der Waals surface area (Å²) >= 11 is 5.20. The zero-order valence-electron chi connectivity index (χ0n) is 15.7. The maximum Gasteiger partial charge on any atom is 0.343 e. The molecule has 2 N–H and O–H groups in total. The van der Waals surface area contributed by atoms with Crippen LogP contribution >= 0.6 is 12.2 Å². The first-order valence-electron chi connectivity index (χ1n) is 8.76. The number of ether oxygens (including phenoxy) is 2. The average molecular weight is 405 g/mol. The molecule has 0 saturated carbocycles. The van der Waals surface area contributed by atoms with Gasteiger partial charge in [0, 0.05) is 5.69 Å². The number of carbonyl (C=O) groups is 1. The van der Waals surface area contributed by atoms with Gasteiger partial charge in [-0.1, -0.05) is 36.4 Å². The van der Waals surface area contributed by atoms with Gasteiger partial charge < -0.3 is 14.8 Å². The van der Waals surface area contributed by atoms with E-state index in [9.17, 15) is 4.79 Å². The highest BCUT2D eigenvalue weighted by atomic mass is 32.1. The number of methoxy groups -OCH3 is 1. The molecule has 0 spiro atoms. The number of nitrogens with one attached hydrogen (secondary N) is 2. The molecular formula is C22H19N3O3S. The molecule has 0 aliphatic rings. The van der Waals surface area contributed by atoms with Crippen molar-refractivity contribution in [1.29, 1.82) is 0 Å². The van der Waals surface area contributed by atoms with E-state index in [2.05, 4.69) is 15.8 Å². The Hall–Kier alpha value is -3.71. The SMILES string of the molecule is COc1cc(/C=N\NC(=S)Nc2ccccc2)ccc1OC(=O)c1ccccc1. The Labute approximate surface area is 174 Å². The number of benzene rings is 3. The third-order valence-electron chi connectivity index (χ3n) is 3.81. The lowest BCUT2D eigenvalue weighted by atomic mass is 10.2. The van der Waals surface area contributed by atoms with Crippen LogP contribution in [-0.4, -0.2) is 24.4 Å². The second-order valence-corrected chi connectivity index (χ2v) is 6.26. The minimum atomic E-state index is -0.454. The van der Waals surface area contributed by atoms with Gasteiger partial charge in [-0.25, -0.2) is 4.79 Å². The number of anilines is 1. The van der Waals surface area contributed by atoms with E-state index in [-0.39, 0.29) is 0 Å². The Morgan fingerprint density at radius 2 is 1.66 bits per heavy atom. The molecule has 3 aromatic rings. The van der Waals surface area contributed by atoms with Crippen molar-refractivity contribution in [3.05, 3.63) is 90.0 Å². The fourth-order valence-electron chi connectivity index (χ4n) is 2.43. The van der Waals surface area contributed by atoms with E-state index in [0.29, 0.717) is 22.2 Å². The zero-order valence-corrected chi connectivity index (χ0v) is 16.5. The lowest BCUT2D eigenvalue weighted by Gasteiger charge is -2.10. The molecule has 0 atom stereocenters. The predicted molar refractivity (Wildman–Crippen MR) is 118 cm³/mol. The first kappa shape index (κ1) is 20.0. The van der Waals surface area contributed by atoms with Crippen LogP contribution in [-0.2, 0) is 0 Å². The van der Waals surface area contributed by atoms with Crippen molar-refractivity contribution in [2.75, 3.05) is 12.4 Å². The Balaban J connectivity index is 1.61. The van der Waals surface area contributed by atoms with Crippen molar-refractivity contribution in [3.8, 4) is 11.5 Å². The summed E-state index contributed by atoms with van der Waals surface area (Å²) in [6.07, 6.45) is 1.59. The van der Waals surface area contributed by atoms with Crippen LogP contribution in [0, 0.1) is 0 Å². The van der Waals surface area contributed by atoms with Gasteiger partial charge in [-0.3, -0.25) is 5.43 Å². The van der Waals surface area contributed by atoms with E-state index in [1.54, 1.807) is 48.7 Å². The third-order valence-corrected chi connectivity index (χ3v) is 4.00. The van der Waals surface area contributed by atoms with Crippen LogP contribution < -0.4 is 20.2 Å². The summed E-state index contributed by atoms with van der Waals surface area (Å²) in [4.78, 5) is 12.2. The van der Waals surface area contributed by atoms with Crippen LogP contribution in [0.15, 0.2) is 84.0 Å². The molecule has 3 aromatic carbocycles. The van der Waals surface area contributed by atoms with E-state index in [1.807, 2.05) is 36.4 Å². The molecule has 0 aliphatic carbocycles. The normalized spacial score (nSPS) is 10.4. The van der Waals surface area contributed by atoms with Crippen molar-refractivity contribution in [2.45, 2.75) is 0 Å². The third kappa shape index (κ3) is 5.88. The monoisotopic (exact) mass is 405 g/mol. The highest BCUT2D eigenvalue weighted by Gasteiger charge is 2.12. The largest absolute Gasteiger partial charge is 0.493 e. The Kier molecular flexibility index (Phi) is 6.91. The lowest BCUT2D eigenvalue weighted by Crippen LogP contribution is -2.23. The van der Waals surface area contributed by atoms with Crippen LogP contribution in [0.25, 0.3) is 0 Å². The summed E-state index contributed by atoms with van der Waals surface area (Å²) < 4.78 is 10.8. The molecule has 6 nitrogen and oxygen atoms in total. The number of hydrogen-bond donors (Lipinski definition) is 2. The number of esters is 1. The van der Waals surface area contributed by atoms with Crippen molar-refractivity contribution >= 4 is 35.2 Å². The highest BCUT2D eigenvalue weighted by molar-refractivity contribution is 7.80. The van der Waals surface area contributed by atoms with Gasteiger partial charge in [0.15, 0.2) is 16.6 Å². The molecule has 0 radical (unpaired) electrons. The molecule has 0 bridgehead atoms. The molecule has 3 rings (SSSR count). The zero-order chi connectivity index (χ0) is 20.5. The second kappa shape index (κ2) is 10.0. The molecule has 0 aromatic heterocycles. The fraction of sp³-hybridized carbons (Fsp3) is 0.0455. The van der Waals surface area contributed by atoms with Gasteiger partial charge in [-0.05, 0) is 60.2 Å². The van der Waals surface area contributed by atoms with Gasteiger partial charge in [0.25, 0.3) is 0 Å². The summed E-state index contributed by atoms with van der Waals surface area (Å²) in [7, 11) is 1.51. The van der Waals surface area contributed by atoms with Crippen molar-refractivity contribution in [3.63, 3.8) is 0 Å². The van der Waals surface area contributed by atoms with E-state index < -0.39 is 5.97 Å². The molecule has 0 unspecified atom stereocenters. The summed E-state index contributed by atoms with van der Waals surface area (Å²) in [5.41, 5.74) is 4.82. The summed E-state index contributed by atoms with van der Waals surface area (Å²) in [6, 6.07) is 23.4. The van der Waals surface area contributed by atoms with Gasteiger partial charge in [-0.2, -0.15) is 5.10 Å². The summed E-state index contributed by atoms with van der Waals surface area (Å²) in [6.45, 7) is 0. The predicted octanol–water partition coefficient (Wildman–Crippen LogP) is 4.23. The van der Waals surface area contributed by atoms with E-state index >= 15 is 0 Å². The van der Waals surface area contributed by atoms with Gasteiger partial charge in [0.1, 0.15) is 0 Å². The molecule has 29 heavy (non-hydrogen) atoms. The Bertz CT molecular complexity index is 1010. The van der Waals surface area contributed by atoms with Gasteiger partial charge in [0.05, 0.1) is 18.9 Å². The maximum absolute atomic E-state index is 12.2. The quantitative estimate of drug-likeness (QED) is 0.210. The van der Waals surface area contributed by atoms with Gasteiger partial charge in [-0.15, -0.1) is 0 Å². The van der Waals surface area contributed by atoms with Crippen molar-refractivity contribution in [2.24, 2.45) is 5.10 Å². The first-order valence-corrected chi connectivity index (χ1v) is 9.17. The summed E-state index contributed by atoms with van der Waals surface area (Å²) in [5.74, 6) is 0.292. The van der Waals surface area contributed by atoms with Gasteiger partial charge >= 0.3 is 5.97 Å². The van der Waals surface area contributed by atoms with E-state index in [4.69, 9.17) is 21.7 Å². The average Bonchev–Trinajstić information content (AvgIpc) is 2.76. The van der Waals surface area contributed by atoms with Crippen molar-refractivity contribution in [1.82, 2.24) is 5.43 Å². The molecule has 0 aliphatic heterocycles. The topological polar surface area (TPSA) is 71.9 Å². The molecule has 146 valence electrons. The van der Waals surface area contributed by atoms with Crippen LogP contribution in [0.4, 0.5) is 5.69 Å². The number of hydrazone groups is 1. The van der Waals surface area contributed by atoms with E-state index in [0.717, 1.165) is 11.3 Å². The number of thiocarbonyl (C=S) groups is 1. The smallest absolute Gasteiger partial charge is 0.343 e. The fourth-order valence-corrected chi connectivity index (χ4v) is 2.60. The first-order chi connectivity index (χ1) is 14.2. The van der Waals surface area contributed by atoms with Crippen molar-refractivity contribution < 1.29 is 14.3 Å². The summed E-state index contributed by atoms with van der Waals surface area (Å²) in [5, 5.41) is 7.50. The number of nitrogens with zero attached hydrogens (tertiary/aromatic N) is 1. The second-order valence-electron chi connectivity index (χ2n) is 5.86. The van der Waals surface area contributed by atoms with Crippen LogP contribution in [0.3, 0.4) is 0 Å². The number of hydrogen-bond acceptors (Lipinski definition) is 5. The molecule has 0 fully saturated rings. The number of rotatable bonds is 6. The number of para-hydroxylation sites is 1. The molecule has 0 amide bonds. The van der Waals surface area contributed by atoms with E-state index in [1.165, 1.54) is 7.11 Å². The molecule has 0 heterocycles.